The lowest BCUT2D eigenvalue weighted by atomic mass is 9.89. The van der Waals surface area contributed by atoms with Crippen molar-refractivity contribution in [2.45, 2.75) is 18.8 Å². The quantitative estimate of drug-likeness (QED) is 0.740. The molecule has 0 amide bonds. The molecule has 0 aromatic carbocycles. The van der Waals surface area contributed by atoms with Gasteiger partial charge in [0.1, 0.15) is 0 Å². The predicted molar refractivity (Wildman–Crippen MR) is 54.8 cm³/mol. The highest BCUT2D eigenvalue weighted by Gasteiger charge is 2.63. The highest BCUT2D eigenvalue weighted by Crippen LogP contribution is 2.63. The van der Waals surface area contributed by atoms with Gasteiger partial charge in [0.25, 0.3) is 0 Å². The van der Waals surface area contributed by atoms with Gasteiger partial charge in [0.2, 0.25) is 0 Å². The molecule has 0 radical (unpaired) electrons. The van der Waals surface area contributed by atoms with Crippen molar-refractivity contribution in [1.82, 2.24) is 4.98 Å². The van der Waals surface area contributed by atoms with Crippen LogP contribution in [0.2, 0.25) is 0 Å². The smallest absolute Gasteiger partial charge is 0.0508 e. The molecule has 1 saturated carbocycles. The maximum atomic E-state index is 9.36. The molecule has 1 fully saturated rings. The lowest BCUT2D eigenvalue weighted by Crippen LogP contribution is -2.27. The predicted octanol–water partition coefficient (Wildman–Crippen LogP) is 0.680. The van der Waals surface area contributed by atoms with E-state index < -0.39 is 0 Å². The number of aliphatic hydroxyl groups excluding tert-OH is 1. The molecule has 0 bridgehead atoms. The molecule has 1 aliphatic rings. The molecule has 0 aliphatic heterocycles. The van der Waals surface area contributed by atoms with E-state index in [4.69, 9.17) is 5.73 Å². The number of rotatable bonds is 3. The van der Waals surface area contributed by atoms with Crippen LogP contribution in [-0.2, 0) is 5.41 Å². The molecular formula is C11H16N2O. The zero-order valence-electron chi connectivity index (χ0n) is 8.40. The van der Waals surface area contributed by atoms with Crippen molar-refractivity contribution in [3.05, 3.63) is 30.1 Å². The van der Waals surface area contributed by atoms with E-state index in [1.165, 1.54) is 5.56 Å². The third-order valence-corrected chi connectivity index (χ3v) is 3.75. The molecule has 14 heavy (non-hydrogen) atoms. The van der Waals surface area contributed by atoms with Gasteiger partial charge in [0.05, 0.1) is 6.61 Å². The molecule has 1 aliphatic carbocycles. The van der Waals surface area contributed by atoms with Gasteiger partial charge in [0.15, 0.2) is 0 Å². The van der Waals surface area contributed by atoms with Gasteiger partial charge in [-0.1, -0.05) is 6.92 Å². The van der Waals surface area contributed by atoms with Crippen LogP contribution in [0.25, 0.3) is 0 Å². The summed E-state index contributed by atoms with van der Waals surface area (Å²) in [6, 6.07) is 4.01. The van der Waals surface area contributed by atoms with E-state index in [9.17, 15) is 5.11 Å². The van der Waals surface area contributed by atoms with Crippen LogP contribution in [0.15, 0.2) is 24.5 Å². The zero-order valence-corrected chi connectivity index (χ0v) is 8.40. The second kappa shape index (κ2) is 3.04. The Labute approximate surface area is 84.0 Å². The Morgan fingerprint density at radius 3 is 2.57 bits per heavy atom. The van der Waals surface area contributed by atoms with Gasteiger partial charge in [0, 0.05) is 29.8 Å². The first-order valence-electron chi connectivity index (χ1n) is 4.90. The Morgan fingerprint density at radius 1 is 1.50 bits per heavy atom. The van der Waals surface area contributed by atoms with E-state index in [0.29, 0.717) is 6.54 Å². The third kappa shape index (κ3) is 1.09. The second-order valence-corrected chi connectivity index (χ2v) is 4.39. The largest absolute Gasteiger partial charge is 0.396 e. The summed E-state index contributed by atoms with van der Waals surface area (Å²) in [5, 5.41) is 9.36. The normalized spacial score (nSPS) is 35.6. The number of aliphatic hydroxyl groups is 1. The summed E-state index contributed by atoms with van der Waals surface area (Å²) in [6.45, 7) is 2.87. The molecule has 1 heterocycles. The van der Waals surface area contributed by atoms with Crippen molar-refractivity contribution in [3.8, 4) is 0 Å². The fourth-order valence-electron chi connectivity index (χ4n) is 2.35. The Morgan fingerprint density at radius 2 is 2.14 bits per heavy atom. The summed E-state index contributed by atoms with van der Waals surface area (Å²) < 4.78 is 0. The fourth-order valence-corrected chi connectivity index (χ4v) is 2.35. The SMILES string of the molecule is CC1(c2ccncc2)CC1(CN)CO. The minimum absolute atomic E-state index is 0.0411. The average Bonchev–Trinajstić information content (AvgIpc) is 2.88. The molecule has 3 heteroatoms. The summed E-state index contributed by atoms with van der Waals surface area (Å²) in [5.74, 6) is 0. The minimum atomic E-state index is -0.103. The standard InChI is InChI=1S/C11H16N2O/c1-10(6-11(10,7-12)8-14)9-2-4-13-5-3-9/h2-5,14H,6-8,12H2,1H3. The maximum Gasteiger partial charge on any atom is 0.0508 e. The summed E-state index contributed by atoms with van der Waals surface area (Å²) in [6.07, 6.45) is 4.55. The van der Waals surface area contributed by atoms with Gasteiger partial charge in [-0.25, -0.2) is 0 Å². The first kappa shape index (κ1) is 9.62. The third-order valence-electron chi connectivity index (χ3n) is 3.75. The first-order valence-corrected chi connectivity index (χ1v) is 4.90. The number of hydrogen-bond donors (Lipinski definition) is 2. The molecule has 2 rings (SSSR count). The lowest BCUT2D eigenvalue weighted by molar-refractivity contribution is 0.198. The van der Waals surface area contributed by atoms with Gasteiger partial charge in [-0.15, -0.1) is 0 Å². The van der Waals surface area contributed by atoms with Crippen molar-refractivity contribution in [3.63, 3.8) is 0 Å². The molecule has 1 aromatic heterocycles. The monoisotopic (exact) mass is 192 g/mol. The fraction of sp³-hybridized carbons (Fsp3) is 0.545. The number of aromatic nitrogens is 1. The molecule has 76 valence electrons. The summed E-state index contributed by atoms with van der Waals surface area (Å²) in [7, 11) is 0. The average molecular weight is 192 g/mol. The summed E-state index contributed by atoms with van der Waals surface area (Å²) in [4.78, 5) is 3.99. The zero-order chi connectivity index (χ0) is 10.2. The Kier molecular flexibility index (Phi) is 2.09. The van der Waals surface area contributed by atoms with E-state index in [2.05, 4.69) is 11.9 Å². The van der Waals surface area contributed by atoms with Crippen LogP contribution in [0.3, 0.4) is 0 Å². The van der Waals surface area contributed by atoms with E-state index in [1.807, 2.05) is 12.1 Å². The van der Waals surface area contributed by atoms with Gasteiger partial charge in [-0.2, -0.15) is 0 Å². The van der Waals surface area contributed by atoms with Crippen LogP contribution in [0, 0.1) is 5.41 Å². The Hall–Kier alpha value is -0.930. The Bertz CT molecular complexity index is 321. The van der Waals surface area contributed by atoms with Gasteiger partial charge in [-0.05, 0) is 24.1 Å². The molecule has 2 atom stereocenters. The van der Waals surface area contributed by atoms with Crippen LogP contribution in [0.1, 0.15) is 18.9 Å². The van der Waals surface area contributed by atoms with Crippen LogP contribution in [0.5, 0.6) is 0 Å². The van der Waals surface area contributed by atoms with Crippen molar-refractivity contribution < 1.29 is 5.11 Å². The maximum absolute atomic E-state index is 9.36. The molecule has 1 aromatic rings. The number of pyridine rings is 1. The van der Waals surface area contributed by atoms with Crippen molar-refractivity contribution in [1.29, 1.82) is 0 Å². The molecular weight excluding hydrogens is 176 g/mol. The highest BCUT2D eigenvalue weighted by atomic mass is 16.3. The van der Waals surface area contributed by atoms with E-state index >= 15 is 0 Å². The van der Waals surface area contributed by atoms with Crippen LogP contribution >= 0.6 is 0 Å². The highest BCUT2D eigenvalue weighted by molar-refractivity contribution is 5.36. The van der Waals surface area contributed by atoms with E-state index in [-0.39, 0.29) is 17.4 Å². The van der Waals surface area contributed by atoms with E-state index in [1.54, 1.807) is 12.4 Å². The molecule has 2 unspecified atom stereocenters. The molecule has 3 N–H and O–H groups in total. The molecule has 3 nitrogen and oxygen atoms in total. The van der Waals surface area contributed by atoms with Crippen molar-refractivity contribution >= 4 is 0 Å². The molecule has 0 saturated heterocycles. The van der Waals surface area contributed by atoms with E-state index in [0.717, 1.165) is 6.42 Å². The topological polar surface area (TPSA) is 59.1 Å². The van der Waals surface area contributed by atoms with Crippen molar-refractivity contribution in [2.24, 2.45) is 11.1 Å². The summed E-state index contributed by atoms with van der Waals surface area (Å²) >= 11 is 0. The number of nitrogens with zero attached hydrogens (tertiary/aromatic N) is 1. The first-order chi connectivity index (χ1) is 6.68. The number of hydrogen-bond acceptors (Lipinski definition) is 3. The number of nitrogens with two attached hydrogens (primary N) is 1. The van der Waals surface area contributed by atoms with Crippen molar-refractivity contribution in [2.75, 3.05) is 13.2 Å². The summed E-state index contributed by atoms with van der Waals surface area (Å²) in [5.41, 5.74) is 6.88. The lowest BCUT2D eigenvalue weighted by Gasteiger charge is -2.19. The van der Waals surface area contributed by atoms with Gasteiger partial charge >= 0.3 is 0 Å². The van der Waals surface area contributed by atoms with Crippen LogP contribution < -0.4 is 5.73 Å². The van der Waals surface area contributed by atoms with Gasteiger partial charge in [-0.3, -0.25) is 4.98 Å². The Balaban J connectivity index is 2.30. The van der Waals surface area contributed by atoms with Gasteiger partial charge < -0.3 is 10.8 Å². The molecule has 0 spiro atoms. The van der Waals surface area contributed by atoms with Crippen LogP contribution in [-0.4, -0.2) is 23.2 Å². The minimum Gasteiger partial charge on any atom is -0.396 e. The second-order valence-electron chi connectivity index (χ2n) is 4.39. The van der Waals surface area contributed by atoms with Crippen LogP contribution in [0.4, 0.5) is 0 Å².